The predicted molar refractivity (Wildman–Crippen MR) is 88.2 cm³/mol. The Morgan fingerprint density at radius 1 is 1.42 bits per heavy atom. The molecule has 0 aliphatic carbocycles. The summed E-state index contributed by atoms with van der Waals surface area (Å²) in [6.07, 6.45) is -0.480. The molecule has 2 rings (SSSR count). The molecule has 1 amide bonds. The molecule has 24 heavy (non-hydrogen) atoms. The van der Waals surface area contributed by atoms with Crippen LogP contribution in [-0.4, -0.2) is 48.3 Å². The van der Waals surface area contributed by atoms with Gasteiger partial charge in [0.1, 0.15) is 11.4 Å². The molecule has 1 fully saturated rings. The molecule has 1 unspecified atom stereocenters. The molecule has 0 radical (unpaired) electrons. The molecule has 0 spiro atoms. The first-order valence-corrected chi connectivity index (χ1v) is 7.75. The fourth-order valence-corrected chi connectivity index (χ4v) is 2.61. The van der Waals surface area contributed by atoms with E-state index in [1.807, 2.05) is 0 Å². The lowest BCUT2D eigenvalue weighted by Crippen LogP contribution is -2.50. The molecule has 8 nitrogen and oxygen atoms in total. The van der Waals surface area contributed by atoms with Gasteiger partial charge in [-0.25, -0.2) is 4.79 Å². The van der Waals surface area contributed by atoms with Crippen LogP contribution < -0.4 is 10.1 Å². The van der Waals surface area contributed by atoms with Crippen molar-refractivity contribution in [1.29, 1.82) is 0 Å². The second-order valence-corrected chi connectivity index (χ2v) is 6.58. The van der Waals surface area contributed by atoms with E-state index in [4.69, 9.17) is 9.47 Å². The maximum Gasteiger partial charge on any atom is 0.410 e. The SMILES string of the molecule is COc1ccc([N+](=O)[O-])c(C2CNCCN2C(=O)OC(C)(C)C)c1. The van der Waals surface area contributed by atoms with E-state index in [1.165, 1.54) is 24.1 Å². The van der Waals surface area contributed by atoms with Gasteiger partial charge in [0.25, 0.3) is 5.69 Å². The van der Waals surface area contributed by atoms with Crippen LogP contribution in [0, 0.1) is 10.1 Å². The summed E-state index contributed by atoms with van der Waals surface area (Å²) in [5.41, 5.74) is -0.247. The van der Waals surface area contributed by atoms with Gasteiger partial charge in [0.15, 0.2) is 0 Å². The maximum absolute atomic E-state index is 12.5. The van der Waals surface area contributed by atoms with E-state index in [9.17, 15) is 14.9 Å². The van der Waals surface area contributed by atoms with Crippen LogP contribution in [0.2, 0.25) is 0 Å². The molecular weight excluding hydrogens is 314 g/mol. The van der Waals surface area contributed by atoms with Crippen molar-refractivity contribution in [2.45, 2.75) is 32.4 Å². The van der Waals surface area contributed by atoms with Crippen LogP contribution in [0.4, 0.5) is 10.5 Å². The smallest absolute Gasteiger partial charge is 0.410 e. The van der Waals surface area contributed by atoms with Gasteiger partial charge in [0.05, 0.1) is 23.6 Å². The number of hydrogen-bond donors (Lipinski definition) is 1. The van der Waals surface area contributed by atoms with Crippen LogP contribution >= 0.6 is 0 Å². The molecule has 8 heteroatoms. The Hall–Kier alpha value is -2.35. The average molecular weight is 337 g/mol. The average Bonchev–Trinajstić information content (AvgIpc) is 2.52. The number of nitrogens with one attached hydrogen (secondary N) is 1. The summed E-state index contributed by atoms with van der Waals surface area (Å²) in [5.74, 6) is 0.505. The molecular formula is C16H23N3O5. The Labute approximate surface area is 140 Å². The molecule has 1 heterocycles. The molecule has 1 aliphatic heterocycles. The summed E-state index contributed by atoms with van der Waals surface area (Å²) in [4.78, 5) is 25.0. The van der Waals surface area contributed by atoms with Crippen molar-refractivity contribution in [3.8, 4) is 5.75 Å². The number of nitro benzene ring substituents is 1. The van der Waals surface area contributed by atoms with Crippen molar-refractivity contribution >= 4 is 11.8 Å². The Morgan fingerprint density at radius 3 is 2.71 bits per heavy atom. The van der Waals surface area contributed by atoms with Crippen LogP contribution in [0.15, 0.2) is 18.2 Å². The van der Waals surface area contributed by atoms with E-state index in [2.05, 4.69) is 5.32 Å². The lowest BCUT2D eigenvalue weighted by Gasteiger charge is -2.37. The third-order valence-electron chi connectivity index (χ3n) is 3.66. The van der Waals surface area contributed by atoms with Crippen LogP contribution in [0.3, 0.4) is 0 Å². The van der Waals surface area contributed by atoms with Gasteiger partial charge >= 0.3 is 6.09 Å². The first-order valence-electron chi connectivity index (χ1n) is 7.75. The molecule has 0 bridgehead atoms. The molecule has 1 saturated heterocycles. The largest absolute Gasteiger partial charge is 0.497 e. The van der Waals surface area contributed by atoms with Crippen molar-refractivity contribution in [3.63, 3.8) is 0 Å². The minimum absolute atomic E-state index is 0.0435. The lowest BCUT2D eigenvalue weighted by atomic mass is 10.0. The Morgan fingerprint density at radius 2 is 2.12 bits per heavy atom. The number of carbonyl (C=O) groups excluding carboxylic acids is 1. The molecule has 132 valence electrons. The molecule has 1 aliphatic rings. The van der Waals surface area contributed by atoms with E-state index in [0.29, 0.717) is 30.9 Å². The Balaban J connectivity index is 2.39. The van der Waals surface area contributed by atoms with Gasteiger partial charge in [-0.05, 0) is 32.9 Å². The van der Waals surface area contributed by atoms with E-state index >= 15 is 0 Å². The fourth-order valence-electron chi connectivity index (χ4n) is 2.61. The van der Waals surface area contributed by atoms with E-state index in [0.717, 1.165) is 0 Å². The zero-order chi connectivity index (χ0) is 17.9. The van der Waals surface area contributed by atoms with Crippen LogP contribution in [0.5, 0.6) is 5.75 Å². The topological polar surface area (TPSA) is 93.9 Å². The standard InChI is InChI=1S/C16H23N3O5/c1-16(2,3)24-15(20)18-8-7-17-10-14(18)12-9-11(23-4)5-6-13(12)19(21)22/h5-6,9,14,17H,7-8,10H2,1-4H3. The number of benzene rings is 1. The molecule has 1 aromatic rings. The number of piperazine rings is 1. The zero-order valence-corrected chi connectivity index (χ0v) is 14.4. The first-order chi connectivity index (χ1) is 11.2. The lowest BCUT2D eigenvalue weighted by molar-refractivity contribution is -0.386. The number of nitrogens with zero attached hydrogens (tertiary/aromatic N) is 2. The number of hydrogen-bond acceptors (Lipinski definition) is 6. The summed E-state index contributed by atoms with van der Waals surface area (Å²) in [6, 6.07) is 4.04. The molecule has 1 N–H and O–H groups in total. The Kier molecular flexibility index (Phi) is 5.28. The predicted octanol–water partition coefficient (Wildman–Crippen LogP) is 2.48. The minimum atomic E-state index is -0.632. The zero-order valence-electron chi connectivity index (χ0n) is 14.4. The number of carbonyl (C=O) groups is 1. The summed E-state index contributed by atoms with van der Waals surface area (Å²) in [7, 11) is 1.50. The summed E-state index contributed by atoms with van der Waals surface area (Å²) < 4.78 is 10.6. The molecule has 0 saturated carbocycles. The van der Waals surface area contributed by atoms with Crippen molar-refractivity contribution in [2.75, 3.05) is 26.7 Å². The summed E-state index contributed by atoms with van der Waals surface area (Å²) >= 11 is 0. The van der Waals surface area contributed by atoms with Gasteiger partial charge in [-0.1, -0.05) is 0 Å². The van der Waals surface area contributed by atoms with Crippen molar-refractivity contribution in [1.82, 2.24) is 10.2 Å². The summed E-state index contributed by atoms with van der Waals surface area (Å²) in [5, 5.41) is 14.6. The number of amides is 1. The van der Waals surface area contributed by atoms with Gasteiger partial charge in [0.2, 0.25) is 0 Å². The van der Waals surface area contributed by atoms with Crippen molar-refractivity contribution in [2.24, 2.45) is 0 Å². The highest BCUT2D eigenvalue weighted by Gasteiger charge is 2.35. The second kappa shape index (κ2) is 7.04. The highest BCUT2D eigenvalue weighted by atomic mass is 16.6. The third kappa shape index (κ3) is 4.14. The minimum Gasteiger partial charge on any atom is -0.497 e. The van der Waals surface area contributed by atoms with Crippen LogP contribution in [-0.2, 0) is 4.74 Å². The number of methoxy groups -OCH3 is 1. The van der Waals surface area contributed by atoms with Gasteiger partial charge < -0.3 is 14.8 Å². The van der Waals surface area contributed by atoms with Crippen molar-refractivity contribution in [3.05, 3.63) is 33.9 Å². The highest BCUT2D eigenvalue weighted by molar-refractivity contribution is 5.69. The number of ether oxygens (including phenoxy) is 2. The quantitative estimate of drug-likeness (QED) is 0.673. The van der Waals surface area contributed by atoms with Gasteiger partial charge in [-0.15, -0.1) is 0 Å². The second-order valence-electron chi connectivity index (χ2n) is 6.58. The monoisotopic (exact) mass is 337 g/mol. The van der Waals surface area contributed by atoms with E-state index in [1.54, 1.807) is 26.8 Å². The normalized spacial score (nSPS) is 18.2. The van der Waals surface area contributed by atoms with Crippen molar-refractivity contribution < 1.29 is 19.2 Å². The van der Waals surface area contributed by atoms with Gasteiger partial charge in [-0.3, -0.25) is 15.0 Å². The van der Waals surface area contributed by atoms with E-state index in [-0.39, 0.29) is 5.69 Å². The molecule has 1 atom stereocenters. The van der Waals surface area contributed by atoms with Crippen LogP contribution in [0.1, 0.15) is 32.4 Å². The number of nitro groups is 1. The van der Waals surface area contributed by atoms with E-state index < -0.39 is 22.7 Å². The summed E-state index contributed by atoms with van der Waals surface area (Å²) in [6.45, 7) is 6.79. The molecule has 0 aromatic heterocycles. The van der Waals surface area contributed by atoms with Gasteiger partial charge in [-0.2, -0.15) is 0 Å². The Bertz CT molecular complexity index is 627. The van der Waals surface area contributed by atoms with Crippen LogP contribution in [0.25, 0.3) is 0 Å². The third-order valence-corrected chi connectivity index (χ3v) is 3.66. The first kappa shape index (κ1) is 18.0. The van der Waals surface area contributed by atoms with Gasteiger partial charge in [0, 0.05) is 25.7 Å². The fraction of sp³-hybridized carbons (Fsp3) is 0.562. The maximum atomic E-state index is 12.5. The molecule has 1 aromatic carbocycles. The highest BCUT2D eigenvalue weighted by Crippen LogP contribution is 2.34. The number of rotatable bonds is 3.